The van der Waals surface area contributed by atoms with Gasteiger partial charge in [0.1, 0.15) is 0 Å². The fraction of sp³-hybridized carbons (Fsp3) is 0.467. The molecule has 0 saturated heterocycles. The Kier molecular flexibility index (Phi) is 4.98. The normalized spacial score (nSPS) is 18.1. The maximum absolute atomic E-state index is 5.79. The number of halogens is 1. The predicted octanol–water partition coefficient (Wildman–Crippen LogP) is 4.15. The maximum Gasteiger partial charge on any atom is 0.0681 e. The lowest BCUT2D eigenvalue weighted by Crippen LogP contribution is -2.29. The van der Waals surface area contributed by atoms with Gasteiger partial charge in [-0.15, -0.1) is 0 Å². The third kappa shape index (κ3) is 3.02. The minimum absolute atomic E-state index is 0.136. The average molecular weight is 309 g/mol. The summed E-state index contributed by atoms with van der Waals surface area (Å²) in [5.74, 6) is 5.79. The Morgan fingerprint density at radius 1 is 1.28 bits per heavy atom. The Hall–Kier alpha value is -0.640. The van der Waals surface area contributed by atoms with Crippen molar-refractivity contribution in [1.82, 2.24) is 5.43 Å². The molecule has 1 unspecified atom stereocenters. The number of hydrogen-bond acceptors (Lipinski definition) is 2. The highest BCUT2D eigenvalue weighted by atomic mass is 79.9. The number of nitrogens with one attached hydrogen (secondary N) is 1. The van der Waals surface area contributed by atoms with Crippen molar-refractivity contribution in [3.63, 3.8) is 0 Å². The van der Waals surface area contributed by atoms with Crippen LogP contribution in [0.5, 0.6) is 0 Å². The molecule has 0 fully saturated rings. The molecule has 0 spiro atoms. The molecule has 0 aliphatic heterocycles. The van der Waals surface area contributed by atoms with Crippen LogP contribution in [-0.4, -0.2) is 0 Å². The summed E-state index contributed by atoms with van der Waals surface area (Å²) in [6.45, 7) is 2.11. The zero-order valence-electron chi connectivity index (χ0n) is 10.9. The molecular weight excluding hydrogens is 288 g/mol. The van der Waals surface area contributed by atoms with Crippen LogP contribution in [-0.2, 0) is 0 Å². The molecule has 0 saturated carbocycles. The van der Waals surface area contributed by atoms with Gasteiger partial charge in [0.15, 0.2) is 0 Å². The first-order valence-corrected chi connectivity index (χ1v) is 7.43. The lowest BCUT2D eigenvalue weighted by Gasteiger charge is -2.22. The molecule has 2 rings (SSSR count). The molecule has 1 aliphatic carbocycles. The number of aryl methyl sites for hydroxylation is 1. The molecule has 1 atom stereocenters. The van der Waals surface area contributed by atoms with Gasteiger partial charge in [-0.05, 0) is 43.7 Å². The van der Waals surface area contributed by atoms with Crippen LogP contribution in [0.15, 0.2) is 34.3 Å². The third-order valence-corrected chi connectivity index (χ3v) is 4.73. The lowest BCUT2D eigenvalue weighted by atomic mass is 9.94. The van der Waals surface area contributed by atoms with Crippen LogP contribution in [0.1, 0.15) is 49.3 Å². The van der Waals surface area contributed by atoms with Crippen LogP contribution in [0.3, 0.4) is 0 Å². The van der Waals surface area contributed by atoms with E-state index in [1.807, 2.05) is 0 Å². The first kappa shape index (κ1) is 13.8. The Labute approximate surface area is 118 Å². The summed E-state index contributed by atoms with van der Waals surface area (Å²) < 4.78 is 1.16. The van der Waals surface area contributed by atoms with Gasteiger partial charge >= 0.3 is 0 Å². The summed E-state index contributed by atoms with van der Waals surface area (Å²) in [5, 5.41) is 0. The van der Waals surface area contributed by atoms with Crippen molar-refractivity contribution < 1.29 is 0 Å². The summed E-state index contributed by atoms with van der Waals surface area (Å²) in [7, 11) is 0. The first-order chi connectivity index (χ1) is 8.74. The highest BCUT2D eigenvalue weighted by Crippen LogP contribution is 2.33. The van der Waals surface area contributed by atoms with Crippen LogP contribution >= 0.6 is 15.9 Å². The fourth-order valence-electron chi connectivity index (χ4n) is 2.59. The topological polar surface area (TPSA) is 38.0 Å². The van der Waals surface area contributed by atoms with Crippen molar-refractivity contribution in [2.45, 2.75) is 45.1 Å². The van der Waals surface area contributed by atoms with E-state index >= 15 is 0 Å². The van der Waals surface area contributed by atoms with E-state index in [1.165, 1.54) is 42.4 Å². The first-order valence-electron chi connectivity index (χ1n) is 6.64. The Balaban J connectivity index is 2.32. The molecule has 0 amide bonds. The highest BCUT2D eigenvalue weighted by Gasteiger charge is 2.19. The zero-order chi connectivity index (χ0) is 13.0. The number of rotatable bonds is 3. The van der Waals surface area contributed by atoms with E-state index in [0.717, 1.165) is 10.9 Å². The minimum atomic E-state index is 0.136. The van der Waals surface area contributed by atoms with E-state index in [2.05, 4.69) is 52.6 Å². The van der Waals surface area contributed by atoms with Gasteiger partial charge in [-0.2, -0.15) is 0 Å². The van der Waals surface area contributed by atoms with Crippen molar-refractivity contribution in [1.29, 1.82) is 0 Å². The van der Waals surface area contributed by atoms with Gasteiger partial charge in [0, 0.05) is 4.47 Å². The largest absolute Gasteiger partial charge is 0.271 e. The molecule has 1 aromatic carbocycles. The van der Waals surface area contributed by atoms with Gasteiger partial charge in [0.2, 0.25) is 0 Å². The lowest BCUT2D eigenvalue weighted by molar-refractivity contribution is 0.591. The Bertz CT molecular complexity index is 440. The highest BCUT2D eigenvalue weighted by molar-refractivity contribution is 9.10. The van der Waals surface area contributed by atoms with Crippen molar-refractivity contribution in [2.24, 2.45) is 5.84 Å². The summed E-state index contributed by atoms with van der Waals surface area (Å²) >= 11 is 3.68. The van der Waals surface area contributed by atoms with Crippen LogP contribution < -0.4 is 11.3 Å². The number of hydrazine groups is 1. The molecule has 1 aliphatic rings. The van der Waals surface area contributed by atoms with E-state index in [0.29, 0.717) is 0 Å². The number of hydrogen-bond donors (Lipinski definition) is 2. The molecule has 0 heterocycles. The van der Waals surface area contributed by atoms with Gasteiger partial charge in [0.25, 0.3) is 0 Å². The monoisotopic (exact) mass is 308 g/mol. The van der Waals surface area contributed by atoms with Crippen molar-refractivity contribution in [3.05, 3.63) is 45.4 Å². The molecule has 2 nitrogen and oxygen atoms in total. The second-order valence-corrected chi connectivity index (χ2v) is 5.75. The standard InChI is InChI=1S/C15H21BrN2/c1-11-7-6-10-13(14(11)16)15(18-17)12-8-4-2-3-5-9-12/h6-8,10,15,18H,2-5,9,17H2,1H3. The summed E-state index contributed by atoms with van der Waals surface area (Å²) in [6, 6.07) is 6.49. The zero-order valence-corrected chi connectivity index (χ0v) is 12.5. The number of nitrogens with two attached hydrogens (primary N) is 1. The van der Waals surface area contributed by atoms with Crippen LogP contribution in [0, 0.1) is 6.92 Å². The molecule has 0 radical (unpaired) electrons. The minimum Gasteiger partial charge on any atom is -0.271 e. The van der Waals surface area contributed by atoms with Crippen LogP contribution in [0.2, 0.25) is 0 Å². The molecular formula is C15H21BrN2. The molecule has 3 heteroatoms. The van der Waals surface area contributed by atoms with E-state index < -0.39 is 0 Å². The van der Waals surface area contributed by atoms with Crippen molar-refractivity contribution >= 4 is 15.9 Å². The molecule has 3 N–H and O–H groups in total. The predicted molar refractivity (Wildman–Crippen MR) is 80.1 cm³/mol. The molecule has 1 aromatic rings. The van der Waals surface area contributed by atoms with Gasteiger partial charge in [-0.25, -0.2) is 5.43 Å². The van der Waals surface area contributed by atoms with E-state index in [9.17, 15) is 0 Å². The second kappa shape index (κ2) is 6.50. The van der Waals surface area contributed by atoms with Crippen molar-refractivity contribution in [3.8, 4) is 0 Å². The van der Waals surface area contributed by atoms with Crippen molar-refractivity contribution in [2.75, 3.05) is 0 Å². The average Bonchev–Trinajstić information content (AvgIpc) is 2.64. The van der Waals surface area contributed by atoms with Gasteiger partial charge in [-0.3, -0.25) is 5.84 Å². The summed E-state index contributed by atoms with van der Waals surface area (Å²) in [4.78, 5) is 0. The number of benzene rings is 1. The Morgan fingerprint density at radius 2 is 2.11 bits per heavy atom. The second-order valence-electron chi connectivity index (χ2n) is 4.96. The summed E-state index contributed by atoms with van der Waals surface area (Å²) in [6.07, 6.45) is 8.59. The van der Waals surface area contributed by atoms with Crippen LogP contribution in [0.25, 0.3) is 0 Å². The Morgan fingerprint density at radius 3 is 2.89 bits per heavy atom. The third-order valence-electron chi connectivity index (χ3n) is 3.65. The maximum atomic E-state index is 5.79. The fourth-order valence-corrected chi connectivity index (χ4v) is 3.08. The smallest absolute Gasteiger partial charge is 0.0681 e. The SMILES string of the molecule is Cc1cccc(C(NN)C2=CCCCCC2)c1Br. The quantitative estimate of drug-likeness (QED) is 0.500. The summed E-state index contributed by atoms with van der Waals surface area (Å²) in [5.41, 5.74) is 6.91. The molecule has 18 heavy (non-hydrogen) atoms. The molecule has 0 bridgehead atoms. The van der Waals surface area contributed by atoms with E-state index in [4.69, 9.17) is 5.84 Å². The van der Waals surface area contributed by atoms with Gasteiger partial charge < -0.3 is 0 Å². The van der Waals surface area contributed by atoms with E-state index in [-0.39, 0.29) is 6.04 Å². The van der Waals surface area contributed by atoms with E-state index in [1.54, 1.807) is 0 Å². The van der Waals surface area contributed by atoms with Gasteiger partial charge in [0.05, 0.1) is 6.04 Å². The molecule has 98 valence electrons. The van der Waals surface area contributed by atoms with Crippen LogP contribution in [0.4, 0.5) is 0 Å². The number of allylic oxidation sites excluding steroid dienone is 1. The molecule has 0 aromatic heterocycles. The van der Waals surface area contributed by atoms with Gasteiger partial charge in [-0.1, -0.05) is 52.2 Å².